The molecule has 1 saturated carbocycles. The van der Waals surface area contributed by atoms with Crippen LogP contribution in [0.5, 0.6) is 17.2 Å². The predicted molar refractivity (Wildman–Crippen MR) is 253 cm³/mol. The van der Waals surface area contributed by atoms with Crippen LogP contribution in [-0.4, -0.2) is 118 Å². The SMILES string of the molecule is CCS(=O)(=O)c1ccc(Oc2ccc(CC3CCN(C4=[N+]=CC(C(=O)NC5C(C)(C)C(Oc6ccc(C#N)c(Cl)c6)C5(C)C)CN4)CC3)c(F)c2)c(C2=CN(C)C(=O)C3C2CC[N+]3(C)C)c1. The number of rotatable bonds is 11. The molecule has 4 aliphatic heterocycles. The monoisotopic (exact) mass is 941 g/mol. The summed E-state index contributed by atoms with van der Waals surface area (Å²) in [6.45, 7) is 12.6. The number of nitrogens with one attached hydrogen (secondary N) is 2. The van der Waals surface area contributed by atoms with Crippen molar-refractivity contribution >= 4 is 51.0 Å². The Morgan fingerprint density at radius 1 is 1.05 bits per heavy atom. The van der Waals surface area contributed by atoms with Gasteiger partial charge in [-0.1, -0.05) is 52.3 Å². The molecule has 3 aromatic carbocycles. The number of likely N-dealkylation sites (tertiary alicyclic amines) is 2. The number of likely N-dealkylation sites (N-methyl/N-ethyl adjacent to an activating group) is 2. The predicted octanol–water partition coefficient (Wildman–Crippen LogP) is 6.18. The molecule has 0 spiro atoms. The van der Waals surface area contributed by atoms with Gasteiger partial charge in [-0.25, -0.2) is 17.5 Å². The van der Waals surface area contributed by atoms with Crippen molar-refractivity contribution in [3.8, 4) is 23.3 Å². The normalized spacial score (nSPS) is 25.4. The lowest BCUT2D eigenvalue weighted by molar-refractivity contribution is -0.894. The summed E-state index contributed by atoms with van der Waals surface area (Å²) in [5.74, 6) is 1.18. The molecular formula is C50H61ClFN7O6S+2. The fourth-order valence-corrected chi connectivity index (χ4v) is 12.4. The molecule has 8 rings (SSSR count). The summed E-state index contributed by atoms with van der Waals surface area (Å²) in [6, 6.07) is 16.4. The van der Waals surface area contributed by atoms with Crippen molar-refractivity contribution in [1.29, 1.82) is 5.26 Å². The summed E-state index contributed by atoms with van der Waals surface area (Å²) in [4.78, 5) is 30.9. The van der Waals surface area contributed by atoms with Crippen LogP contribution >= 0.6 is 11.6 Å². The molecule has 13 nitrogen and oxygen atoms in total. The number of amides is 2. The highest BCUT2D eigenvalue weighted by molar-refractivity contribution is 7.91. The average Bonchev–Trinajstić information content (AvgIpc) is 3.61. The lowest BCUT2D eigenvalue weighted by Crippen LogP contribution is -2.75. The molecule has 1 aliphatic carbocycles. The smallest absolute Gasteiger partial charge is 0.440 e. The zero-order valence-electron chi connectivity index (χ0n) is 39.0. The van der Waals surface area contributed by atoms with Crippen LogP contribution in [0.3, 0.4) is 0 Å². The number of piperidine rings is 1. The molecule has 3 aromatic rings. The number of ether oxygens (including phenoxy) is 2. The van der Waals surface area contributed by atoms with E-state index in [0.717, 1.165) is 50.4 Å². The molecule has 3 unspecified atom stereocenters. The second-order valence-electron chi connectivity index (χ2n) is 20.4. The van der Waals surface area contributed by atoms with Crippen LogP contribution in [-0.2, 0) is 25.8 Å². The van der Waals surface area contributed by atoms with Gasteiger partial charge in [0.1, 0.15) is 41.2 Å². The molecule has 3 fully saturated rings. The molecule has 2 N–H and O–H groups in total. The molecule has 2 saturated heterocycles. The number of nitrogens with zero attached hydrogens (tertiary/aromatic N) is 5. The van der Waals surface area contributed by atoms with Crippen molar-refractivity contribution in [2.24, 2.45) is 28.6 Å². The molecule has 66 heavy (non-hydrogen) atoms. The number of quaternary nitrogens is 1. The molecule has 0 radical (unpaired) electrons. The summed E-state index contributed by atoms with van der Waals surface area (Å²) < 4.78 is 60.0. The first kappa shape index (κ1) is 47.1. The number of guanidine groups is 1. The Balaban J connectivity index is 0.878. The zero-order chi connectivity index (χ0) is 47.5. The minimum absolute atomic E-state index is 0.0248. The quantitative estimate of drug-likeness (QED) is 0.170. The summed E-state index contributed by atoms with van der Waals surface area (Å²) in [6.07, 6.45) is 6.31. The van der Waals surface area contributed by atoms with Crippen molar-refractivity contribution in [1.82, 2.24) is 25.1 Å². The second kappa shape index (κ2) is 17.7. The maximum Gasteiger partial charge on any atom is 0.440 e. The molecule has 350 valence electrons. The first-order valence-electron chi connectivity index (χ1n) is 22.9. The van der Waals surface area contributed by atoms with Gasteiger partial charge in [-0.3, -0.25) is 19.8 Å². The van der Waals surface area contributed by atoms with E-state index in [4.69, 9.17) is 21.1 Å². The van der Waals surface area contributed by atoms with E-state index in [1.807, 2.05) is 14.1 Å². The van der Waals surface area contributed by atoms with Gasteiger partial charge in [-0.2, -0.15) is 5.26 Å². The van der Waals surface area contributed by atoms with Crippen molar-refractivity contribution in [3.05, 3.63) is 88.3 Å². The number of halogens is 2. The Hall–Kier alpha value is -5.39. The Bertz CT molecular complexity index is 2680. The number of nitriles is 1. The van der Waals surface area contributed by atoms with Crippen molar-refractivity contribution in [3.63, 3.8) is 0 Å². The largest absolute Gasteiger partial charge is 0.489 e. The van der Waals surface area contributed by atoms with E-state index in [-0.39, 0.29) is 69.1 Å². The first-order valence-corrected chi connectivity index (χ1v) is 24.9. The van der Waals surface area contributed by atoms with Gasteiger partial charge in [0, 0.05) is 54.2 Å². The third-order valence-electron chi connectivity index (χ3n) is 14.8. The zero-order valence-corrected chi connectivity index (χ0v) is 40.6. The number of hydrogen-bond acceptors (Lipinski definition) is 9. The number of benzene rings is 3. The maximum atomic E-state index is 15.9. The molecule has 16 heteroatoms. The fraction of sp³-hybridized carbons (Fsp3) is 0.500. The van der Waals surface area contributed by atoms with Gasteiger partial charge in [0.05, 0.1) is 67.4 Å². The van der Waals surface area contributed by atoms with Crippen LogP contribution in [0.2, 0.25) is 5.02 Å². The minimum atomic E-state index is -3.55. The molecule has 0 aromatic heterocycles. The third kappa shape index (κ3) is 8.81. The van der Waals surface area contributed by atoms with Crippen LogP contribution in [0.1, 0.15) is 70.6 Å². The van der Waals surface area contributed by atoms with E-state index < -0.39 is 15.8 Å². The number of fused-ring (bicyclic) bond motifs is 1. The van der Waals surface area contributed by atoms with Crippen LogP contribution in [0.4, 0.5) is 4.39 Å². The highest BCUT2D eigenvalue weighted by Gasteiger charge is 2.64. The topological polar surface area (TPSA) is 155 Å². The number of hydrogen-bond donors (Lipinski definition) is 2. The lowest BCUT2D eigenvalue weighted by Gasteiger charge is -2.63. The van der Waals surface area contributed by atoms with Crippen LogP contribution < -0.4 is 24.8 Å². The molecule has 2 amide bonds. The third-order valence-corrected chi connectivity index (χ3v) is 16.8. The van der Waals surface area contributed by atoms with E-state index >= 15 is 4.39 Å². The van der Waals surface area contributed by atoms with E-state index in [1.165, 1.54) is 12.1 Å². The van der Waals surface area contributed by atoms with Crippen LogP contribution in [0.15, 0.2) is 65.7 Å². The Kier molecular flexibility index (Phi) is 12.6. The molecule has 5 aliphatic rings. The van der Waals surface area contributed by atoms with Crippen LogP contribution in [0.25, 0.3) is 5.57 Å². The summed E-state index contributed by atoms with van der Waals surface area (Å²) in [7, 11) is 2.27. The fourth-order valence-electron chi connectivity index (χ4n) is 11.3. The van der Waals surface area contributed by atoms with Crippen LogP contribution in [0, 0.1) is 45.7 Å². The number of carbonyl (C=O) groups excluding carboxylic acids is 2. The summed E-state index contributed by atoms with van der Waals surface area (Å²) in [5, 5.41) is 16.2. The van der Waals surface area contributed by atoms with Gasteiger partial charge in [0.2, 0.25) is 5.91 Å². The Morgan fingerprint density at radius 3 is 2.39 bits per heavy atom. The molecular weight excluding hydrogens is 881 g/mol. The lowest BCUT2D eigenvalue weighted by atomic mass is 9.49. The van der Waals surface area contributed by atoms with Gasteiger partial charge in [-0.05, 0) is 72.7 Å². The van der Waals surface area contributed by atoms with Crippen molar-refractivity contribution in [2.75, 3.05) is 53.1 Å². The highest BCUT2D eigenvalue weighted by atomic mass is 35.5. The van der Waals surface area contributed by atoms with Gasteiger partial charge >= 0.3 is 5.96 Å². The Labute approximate surface area is 392 Å². The number of sulfone groups is 1. The van der Waals surface area contributed by atoms with E-state index in [1.54, 1.807) is 73.8 Å². The average molecular weight is 943 g/mol. The standard InChI is InChI=1S/C50H59ClFN7O6S/c1-9-66(62,63)36-14-15-42(38(25-36)39-29-57(6)45(61)43-37(39)18-21-59(43,7)8)64-35-12-10-31(41(52)24-35)22-30-16-19-58(20-17-30)48-54-27-33(28-55-48)44(60)56-46-49(2,3)47(50(46,4)5)65-34-13-11-32(26-53)40(51)23-34/h10-15,23-25,27,29-30,33,37,43,46-47H,9,16-22,28H2,1-8H3/p+2. The van der Waals surface area contributed by atoms with Crippen molar-refractivity contribution < 1.29 is 36.4 Å². The second-order valence-corrected chi connectivity index (χ2v) is 23.0. The van der Waals surface area contributed by atoms with Gasteiger partial charge in [0.25, 0.3) is 5.91 Å². The van der Waals surface area contributed by atoms with E-state index in [9.17, 15) is 23.3 Å². The minimum Gasteiger partial charge on any atom is -0.489 e. The van der Waals surface area contributed by atoms with Gasteiger partial charge in [0.15, 0.2) is 22.1 Å². The maximum absolute atomic E-state index is 15.9. The molecule has 4 heterocycles. The Morgan fingerprint density at radius 2 is 1.76 bits per heavy atom. The van der Waals surface area contributed by atoms with Gasteiger partial charge < -0.3 is 24.2 Å². The van der Waals surface area contributed by atoms with Gasteiger partial charge in [-0.15, -0.1) is 0 Å². The summed E-state index contributed by atoms with van der Waals surface area (Å²) >= 11 is 6.26. The van der Waals surface area contributed by atoms with E-state index in [0.29, 0.717) is 56.4 Å². The molecule has 3 atom stereocenters. The number of carbonyl (C=O) groups is 2. The highest BCUT2D eigenvalue weighted by Crippen LogP contribution is 2.56. The van der Waals surface area contributed by atoms with Crippen molar-refractivity contribution in [2.45, 2.75) is 83.4 Å². The summed E-state index contributed by atoms with van der Waals surface area (Å²) in [5.41, 5.74) is 1.63. The van der Waals surface area contributed by atoms with E-state index in [2.05, 4.69) is 54.0 Å². The molecule has 0 bridgehead atoms. The first-order chi connectivity index (χ1) is 31.1.